The zero-order chi connectivity index (χ0) is 17.4. The van der Waals surface area contributed by atoms with Crippen LogP contribution in [-0.4, -0.2) is 18.3 Å². The normalized spacial score (nSPS) is 18.6. The van der Waals surface area contributed by atoms with Crippen molar-refractivity contribution < 1.29 is 14.0 Å². The van der Waals surface area contributed by atoms with Crippen LogP contribution in [-0.2, 0) is 15.9 Å². The number of ether oxygens (including phenoxy) is 1. The van der Waals surface area contributed by atoms with E-state index in [0.717, 1.165) is 16.8 Å². The summed E-state index contributed by atoms with van der Waals surface area (Å²) in [6.45, 7) is 8.64. The van der Waals surface area contributed by atoms with Gasteiger partial charge >= 0.3 is 7.12 Å². The first-order valence-electron chi connectivity index (χ1n) is 8.10. The summed E-state index contributed by atoms with van der Waals surface area (Å²) < 4.78 is 17.9. The second kappa shape index (κ2) is 6.43. The van der Waals surface area contributed by atoms with Gasteiger partial charge in [-0.3, -0.25) is 0 Å². The molecule has 1 heterocycles. The minimum absolute atomic E-state index is 0.336. The average Bonchev–Trinajstić information content (AvgIpc) is 2.75. The molecule has 126 valence electrons. The number of hydrogen-bond donors (Lipinski definition) is 0. The lowest BCUT2D eigenvalue weighted by Crippen LogP contribution is -2.41. The first-order chi connectivity index (χ1) is 11.3. The lowest BCUT2D eigenvalue weighted by molar-refractivity contribution is 0.00578. The molecular weight excluding hydrogens is 322 g/mol. The van der Waals surface area contributed by atoms with E-state index in [-0.39, 0.29) is 18.3 Å². The average molecular weight is 345 g/mol. The Bertz CT molecular complexity index is 697. The third kappa shape index (κ3) is 3.46. The van der Waals surface area contributed by atoms with Crippen molar-refractivity contribution in [2.45, 2.75) is 45.5 Å². The molecule has 1 saturated heterocycles. The van der Waals surface area contributed by atoms with Crippen LogP contribution < -0.4 is 10.2 Å². The Hall–Kier alpha value is -1.49. The maximum atomic E-state index is 6.14. The SMILES string of the molecule is CC1(C)OB(c2ccc(OCc3ccccc3Cl)cc2)OC1(C)C. The predicted molar refractivity (Wildman–Crippen MR) is 97.9 cm³/mol. The van der Waals surface area contributed by atoms with E-state index in [1.165, 1.54) is 0 Å². The fourth-order valence-corrected chi connectivity index (χ4v) is 2.67. The van der Waals surface area contributed by atoms with E-state index in [0.29, 0.717) is 11.6 Å². The smallest absolute Gasteiger partial charge is 0.489 e. The number of benzene rings is 2. The largest absolute Gasteiger partial charge is 0.494 e. The molecule has 0 aliphatic carbocycles. The fourth-order valence-electron chi connectivity index (χ4n) is 2.48. The Balaban J connectivity index is 1.65. The molecule has 0 amide bonds. The Morgan fingerprint density at radius 1 is 0.917 bits per heavy atom. The van der Waals surface area contributed by atoms with Gasteiger partial charge in [-0.25, -0.2) is 0 Å². The number of hydrogen-bond acceptors (Lipinski definition) is 3. The van der Waals surface area contributed by atoms with E-state index >= 15 is 0 Å². The molecule has 1 aliphatic heterocycles. The molecule has 24 heavy (non-hydrogen) atoms. The molecule has 3 rings (SSSR count). The summed E-state index contributed by atoms with van der Waals surface area (Å²) in [4.78, 5) is 0. The Morgan fingerprint density at radius 2 is 1.50 bits per heavy atom. The van der Waals surface area contributed by atoms with Crippen molar-refractivity contribution in [1.29, 1.82) is 0 Å². The van der Waals surface area contributed by atoms with E-state index in [4.69, 9.17) is 25.6 Å². The van der Waals surface area contributed by atoms with E-state index in [1.807, 2.05) is 76.2 Å². The van der Waals surface area contributed by atoms with Crippen LogP contribution in [0.1, 0.15) is 33.3 Å². The first kappa shape index (κ1) is 17.3. The Kier molecular flexibility index (Phi) is 4.65. The molecule has 0 bridgehead atoms. The van der Waals surface area contributed by atoms with Crippen LogP contribution >= 0.6 is 11.6 Å². The van der Waals surface area contributed by atoms with Gasteiger partial charge in [0.25, 0.3) is 0 Å². The molecule has 0 spiro atoms. The quantitative estimate of drug-likeness (QED) is 0.777. The minimum atomic E-state index is -0.354. The molecular formula is C19H22BClO3. The van der Waals surface area contributed by atoms with E-state index in [1.54, 1.807) is 0 Å². The van der Waals surface area contributed by atoms with Crippen LogP contribution in [0.2, 0.25) is 5.02 Å². The molecule has 0 N–H and O–H groups in total. The molecule has 1 aliphatic rings. The number of halogens is 1. The van der Waals surface area contributed by atoms with Crippen molar-refractivity contribution >= 4 is 24.2 Å². The van der Waals surface area contributed by atoms with E-state index in [9.17, 15) is 0 Å². The summed E-state index contributed by atoms with van der Waals surface area (Å²) in [6, 6.07) is 15.5. The van der Waals surface area contributed by atoms with Crippen molar-refractivity contribution in [3.05, 3.63) is 59.1 Å². The summed E-state index contributed by atoms with van der Waals surface area (Å²) in [5.74, 6) is 0.787. The molecule has 2 aromatic carbocycles. The summed E-state index contributed by atoms with van der Waals surface area (Å²) in [5, 5.41) is 0.714. The monoisotopic (exact) mass is 344 g/mol. The Morgan fingerprint density at radius 3 is 2.08 bits per heavy atom. The Labute approximate surface area is 149 Å². The third-order valence-corrected chi connectivity index (χ3v) is 5.13. The van der Waals surface area contributed by atoms with Crippen LogP contribution in [0.15, 0.2) is 48.5 Å². The van der Waals surface area contributed by atoms with Crippen molar-refractivity contribution in [1.82, 2.24) is 0 Å². The highest BCUT2D eigenvalue weighted by molar-refractivity contribution is 6.62. The highest BCUT2D eigenvalue weighted by Crippen LogP contribution is 2.36. The van der Waals surface area contributed by atoms with Gasteiger partial charge in [-0.1, -0.05) is 41.9 Å². The topological polar surface area (TPSA) is 27.7 Å². The van der Waals surface area contributed by atoms with Crippen molar-refractivity contribution in [3.8, 4) is 5.75 Å². The second-order valence-electron chi connectivity index (χ2n) is 7.04. The van der Waals surface area contributed by atoms with Crippen LogP contribution in [0, 0.1) is 0 Å². The fraction of sp³-hybridized carbons (Fsp3) is 0.368. The third-order valence-electron chi connectivity index (χ3n) is 4.76. The van der Waals surface area contributed by atoms with Gasteiger partial charge in [0.2, 0.25) is 0 Å². The molecule has 0 unspecified atom stereocenters. The van der Waals surface area contributed by atoms with E-state index in [2.05, 4.69) is 0 Å². The van der Waals surface area contributed by atoms with Crippen molar-refractivity contribution in [2.24, 2.45) is 0 Å². The summed E-state index contributed by atoms with van der Waals surface area (Å²) in [5.41, 5.74) is 1.28. The van der Waals surface area contributed by atoms with Crippen LogP contribution in [0.5, 0.6) is 5.75 Å². The van der Waals surface area contributed by atoms with Gasteiger partial charge in [0.05, 0.1) is 11.2 Å². The maximum absolute atomic E-state index is 6.14. The summed E-state index contributed by atoms with van der Waals surface area (Å²) in [7, 11) is -0.354. The van der Waals surface area contributed by atoms with Crippen LogP contribution in [0.4, 0.5) is 0 Å². The standard InChI is InChI=1S/C19H22BClO3/c1-18(2)19(3,4)24-20(23-18)15-9-11-16(12-10-15)22-13-14-7-5-6-8-17(14)21/h5-12H,13H2,1-4H3. The predicted octanol–water partition coefficient (Wildman–Crippen LogP) is 4.22. The molecule has 5 heteroatoms. The second-order valence-corrected chi connectivity index (χ2v) is 7.44. The molecule has 0 radical (unpaired) electrons. The summed E-state index contributed by atoms with van der Waals surface area (Å²) in [6.07, 6.45) is 0. The van der Waals surface area contributed by atoms with Gasteiger partial charge < -0.3 is 14.0 Å². The van der Waals surface area contributed by atoms with Gasteiger partial charge in [-0.05, 0) is 51.4 Å². The zero-order valence-corrected chi connectivity index (χ0v) is 15.3. The molecule has 3 nitrogen and oxygen atoms in total. The maximum Gasteiger partial charge on any atom is 0.494 e. The minimum Gasteiger partial charge on any atom is -0.489 e. The van der Waals surface area contributed by atoms with Crippen molar-refractivity contribution in [2.75, 3.05) is 0 Å². The van der Waals surface area contributed by atoms with Crippen LogP contribution in [0.25, 0.3) is 0 Å². The van der Waals surface area contributed by atoms with Gasteiger partial charge in [0.1, 0.15) is 12.4 Å². The lowest BCUT2D eigenvalue weighted by Gasteiger charge is -2.32. The molecule has 0 atom stereocenters. The highest BCUT2D eigenvalue weighted by atomic mass is 35.5. The van der Waals surface area contributed by atoms with Gasteiger partial charge in [-0.2, -0.15) is 0 Å². The first-order valence-corrected chi connectivity index (χ1v) is 8.48. The van der Waals surface area contributed by atoms with Gasteiger partial charge in [0, 0.05) is 10.6 Å². The van der Waals surface area contributed by atoms with Gasteiger partial charge in [0.15, 0.2) is 0 Å². The zero-order valence-electron chi connectivity index (χ0n) is 14.5. The summed E-state index contributed by atoms with van der Waals surface area (Å²) >= 11 is 6.14. The van der Waals surface area contributed by atoms with Crippen LogP contribution in [0.3, 0.4) is 0 Å². The molecule has 0 aromatic heterocycles. The highest BCUT2D eigenvalue weighted by Gasteiger charge is 2.51. The lowest BCUT2D eigenvalue weighted by atomic mass is 9.79. The van der Waals surface area contributed by atoms with E-state index < -0.39 is 0 Å². The van der Waals surface area contributed by atoms with Crippen molar-refractivity contribution in [3.63, 3.8) is 0 Å². The van der Waals surface area contributed by atoms with Gasteiger partial charge in [-0.15, -0.1) is 0 Å². The molecule has 2 aromatic rings. The molecule has 0 saturated carbocycles. The number of rotatable bonds is 4. The molecule has 1 fully saturated rings.